The Morgan fingerprint density at radius 3 is 2.67 bits per heavy atom. The first-order chi connectivity index (χ1) is 7.22. The van der Waals surface area contributed by atoms with Crippen molar-refractivity contribution in [1.82, 2.24) is 0 Å². The van der Waals surface area contributed by atoms with Crippen molar-refractivity contribution in [3.8, 4) is 0 Å². The van der Waals surface area contributed by atoms with E-state index in [-0.39, 0.29) is 0 Å². The Balaban J connectivity index is 2.51. The highest BCUT2D eigenvalue weighted by Crippen LogP contribution is 2.29. The molecule has 0 nitrogen and oxygen atoms in total. The summed E-state index contributed by atoms with van der Waals surface area (Å²) in [7, 11) is 0. The zero-order valence-electron chi connectivity index (χ0n) is 10.1. The van der Waals surface area contributed by atoms with Gasteiger partial charge in [-0.1, -0.05) is 37.1 Å². The monoisotopic (exact) mass is 200 g/mol. The van der Waals surface area contributed by atoms with E-state index >= 15 is 0 Å². The molecule has 0 saturated carbocycles. The van der Waals surface area contributed by atoms with Gasteiger partial charge in [-0.15, -0.1) is 0 Å². The number of allylic oxidation sites excluding steroid dienone is 1. The van der Waals surface area contributed by atoms with Crippen molar-refractivity contribution in [3.05, 3.63) is 40.0 Å². The molecule has 0 aliphatic heterocycles. The molecule has 1 aromatic rings. The molecule has 0 N–H and O–H groups in total. The smallest absolute Gasteiger partial charge is 0.0222 e. The molecule has 1 aliphatic rings. The molecular formula is C15H20. The van der Waals surface area contributed by atoms with Crippen LogP contribution in [0.1, 0.15) is 48.9 Å². The molecule has 0 amide bonds. The van der Waals surface area contributed by atoms with Gasteiger partial charge in [0.2, 0.25) is 0 Å². The van der Waals surface area contributed by atoms with Gasteiger partial charge in [0.1, 0.15) is 0 Å². The van der Waals surface area contributed by atoms with E-state index in [1.165, 1.54) is 42.4 Å². The first-order valence-corrected chi connectivity index (χ1v) is 6.01. The van der Waals surface area contributed by atoms with Crippen LogP contribution in [0.2, 0.25) is 0 Å². The van der Waals surface area contributed by atoms with Gasteiger partial charge in [0.15, 0.2) is 0 Å². The highest BCUT2D eigenvalue weighted by atomic mass is 14.2. The second-order valence-electron chi connectivity index (χ2n) is 4.67. The normalized spacial score (nSPS) is 14.7. The van der Waals surface area contributed by atoms with Crippen molar-refractivity contribution >= 4 is 6.08 Å². The van der Waals surface area contributed by atoms with Crippen LogP contribution in [0.4, 0.5) is 0 Å². The van der Waals surface area contributed by atoms with Gasteiger partial charge in [0.25, 0.3) is 0 Å². The van der Waals surface area contributed by atoms with Crippen molar-refractivity contribution in [2.45, 2.75) is 46.5 Å². The number of hydrogen-bond donors (Lipinski definition) is 0. The van der Waals surface area contributed by atoms with E-state index in [0.717, 1.165) is 0 Å². The van der Waals surface area contributed by atoms with Crippen LogP contribution in [-0.2, 0) is 12.8 Å². The minimum absolute atomic E-state index is 1.24. The van der Waals surface area contributed by atoms with E-state index in [1.54, 1.807) is 11.1 Å². The summed E-state index contributed by atoms with van der Waals surface area (Å²) in [5, 5.41) is 0. The van der Waals surface area contributed by atoms with Gasteiger partial charge in [-0.25, -0.2) is 0 Å². The Morgan fingerprint density at radius 2 is 1.93 bits per heavy atom. The van der Waals surface area contributed by atoms with Gasteiger partial charge < -0.3 is 0 Å². The number of benzene rings is 1. The van der Waals surface area contributed by atoms with E-state index in [1.807, 2.05) is 0 Å². The summed E-state index contributed by atoms with van der Waals surface area (Å²) in [6.45, 7) is 6.75. The van der Waals surface area contributed by atoms with Gasteiger partial charge in [0.05, 0.1) is 0 Å². The van der Waals surface area contributed by atoms with Crippen LogP contribution < -0.4 is 0 Å². The van der Waals surface area contributed by atoms with Gasteiger partial charge in [0, 0.05) is 0 Å². The maximum absolute atomic E-state index is 2.36. The molecule has 0 heteroatoms. The number of rotatable bonds is 2. The molecule has 0 saturated heterocycles. The van der Waals surface area contributed by atoms with Crippen LogP contribution in [-0.4, -0.2) is 0 Å². The molecular weight excluding hydrogens is 180 g/mol. The average molecular weight is 200 g/mol. The molecule has 0 bridgehead atoms. The molecule has 15 heavy (non-hydrogen) atoms. The van der Waals surface area contributed by atoms with E-state index in [9.17, 15) is 0 Å². The summed E-state index contributed by atoms with van der Waals surface area (Å²) in [6.07, 6.45) is 7.33. The van der Waals surface area contributed by atoms with Gasteiger partial charge in [-0.2, -0.15) is 0 Å². The molecule has 0 atom stereocenters. The predicted octanol–water partition coefficient (Wildman–Crippen LogP) is 4.30. The molecule has 0 aromatic heterocycles. The minimum atomic E-state index is 1.24. The third-order valence-corrected chi connectivity index (χ3v) is 3.37. The van der Waals surface area contributed by atoms with Crippen molar-refractivity contribution < 1.29 is 0 Å². The summed E-state index contributed by atoms with van der Waals surface area (Å²) >= 11 is 0. The number of fused-ring (bicyclic) bond motifs is 1. The molecule has 0 spiro atoms. The minimum Gasteiger partial charge on any atom is -0.0724 e. The van der Waals surface area contributed by atoms with Gasteiger partial charge in [-0.3, -0.25) is 0 Å². The van der Waals surface area contributed by atoms with Crippen LogP contribution in [0.15, 0.2) is 17.7 Å². The largest absolute Gasteiger partial charge is 0.0724 e. The fraction of sp³-hybridized carbons (Fsp3) is 0.467. The van der Waals surface area contributed by atoms with Crippen LogP contribution in [0.3, 0.4) is 0 Å². The first-order valence-electron chi connectivity index (χ1n) is 6.01. The second kappa shape index (κ2) is 4.22. The van der Waals surface area contributed by atoms with E-state index in [0.29, 0.717) is 0 Å². The fourth-order valence-electron chi connectivity index (χ4n) is 2.52. The van der Waals surface area contributed by atoms with Crippen LogP contribution >= 0.6 is 0 Å². The van der Waals surface area contributed by atoms with Gasteiger partial charge >= 0.3 is 0 Å². The Morgan fingerprint density at radius 1 is 1.13 bits per heavy atom. The SMILES string of the molecule is CCCc1c(C)ccc2c1CCC(C)=C2. The Hall–Kier alpha value is -1.04. The highest BCUT2D eigenvalue weighted by Gasteiger charge is 2.13. The van der Waals surface area contributed by atoms with Crippen LogP contribution in [0.25, 0.3) is 6.08 Å². The van der Waals surface area contributed by atoms with Crippen LogP contribution in [0, 0.1) is 6.92 Å². The molecule has 0 radical (unpaired) electrons. The van der Waals surface area contributed by atoms with E-state index in [2.05, 4.69) is 39.0 Å². The molecule has 0 heterocycles. The van der Waals surface area contributed by atoms with Crippen molar-refractivity contribution in [2.24, 2.45) is 0 Å². The summed E-state index contributed by atoms with van der Waals surface area (Å²) < 4.78 is 0. The third kappa shape index (κ3) is 1.99. The quantitative estimate of drug-likeness (QED) is 0.668. The Kier molecular flexibility index (Phi) is 2.95. The lowest BCUT2D eigenvalue weighted by Gasteiger charge is -2.19. The molecule has 80 valence electrons. The summed E-state index contributed by atoms with van der Waals surface area (Å²) in [5.41, 5.74) is 7.69. The predicted molar refractivity (Wildman–Crippen MR) is 67.1 cm³/mol. The standard InChI is InChI=1S/C15H20/c1-4-5-14-12(3)7-8-13-10-11(2)6-9-15(13)14/h7-8,10H,4-6,9H2,1-3H3. The number of aryl methyl sites for hydroxylation is 1. The highest BCUT2D eigenvalue weighted by molar-refractivity contribution is 5.62. The third-order valence-electron chi connectivity index (χ3n) is 3.37. The summed E-state index contributed by atoms with van der Waals surface area (Å²) in [6, 6.07) is 4.56. The molecule has 1 aromatic carbocycles. The molecule has 0 unspecified atom stereocenters. The maximum Gasteiger partial charge on any atom is -0.0222 e. The Labute approximate surface area is 93.0 Å². The van der Waals surface area contributed by atoms with Crippen molar-refractivity contribution in [3.63, 3.8) is 0 Å². The lowest BCUT2D eigenvalue weighted by atomic mass is 9.86. The maximum atomic E-state index is 2.36. The lowest BCUT2D eigenvalue weighted by molar-refractivity contribution is 0.853. The molecule has 2 rings (SSSR count). The fourth-order valence-corrected chi connectivity index (χ4v) is 2.52. The molecule has 0 fully saturated rings. The van der Waals surface area contributed by atoms with Gasteiger partial charge in [-0.05, 0) is 55.4 Å². The van der Waals surface area contributed by atoms with Crippen LogP contribution in [0.5, 0.6) is 0 Å². The lowest BCUT2D eigenvalue weighted by Crippen LogP contribution is -2.04. The Bertz CT molecular complexity index is 397. The van der Waals surface area contributed by atoms with E-state index < -0.39 is 0 Å². The molecule has 1 aliphatic carbocycles. The zero-order chi connectivity index (χ0) is 10.8. The first kappa shape index (κ1) is 10.5. The number of hydrogen-bond acceptors (Lipinski definition) is 0. The second-order valence-corrected chi connectivity index (χ2v) is 4.67. The van der Waals surface area contributed by atoms with Crippen molar-refractivity contribution in [2.75, 3.05) is 0 Å². The zero-order valence-corrected chi connectivity index (χ0v) is 10.1. The average Bonchev–Trinajstić information content (AvgIpc) is 2.22. The summed E-state index contributed by atoms with van der Waals surface area (Å²) in [5.74, 6) is 0. The van der Waals surface area contributed by atoms with E-state index in [4.69, 9.17) is 0 Å². The summed E-state index contributed by atoms with van der Waals surface area (Å²) in [4.78, 5) is 0. The van der Waals surface area contributed by atoms with Crippen molar-refractivity contribution in [1.29, 1.82) is 0 Å². The topological polar surface area (TPSA) is 0 Å².